The molecule has 10 nitrogen and oxygen atoms in total. The Kier molecular flexibility index (Phi) is 9.20. The van der Waals surface area contributed by atoms with Crippen molar-refractivity contribution in [2.24, 2.45) is 0 Å². The van der Waals surface area contributed by atoms with E-state index in [9.17, 15) is 18.5 Å². The first-order valence-corrected chi connectivity index (χ1v) is 14.6. The summed E-state index contributed by atoms with van der Waals surface area (Å²) < 4.78 is 51.6. The molecule has 2 heterocycles. The molecule has 1 amide bonds. The quantitative estimate of drug-likeness (QED) is 0.342. The van der Waals surface area contributed by atoms with Crippen LogP contribution in [0, 0.1) is 5.82 Å². The predicted molar refractivity (Wildman–Crippen MR) is 146 cm³/mol. The second-order valence-electron chi connectivity index (χ2n) is 9.49. The number of nitrogens with one attached hydrogen (secondary N) is 1. The molecule has 0 atom stereocenters. The second kappa shape index (κ2) is 12.4. The van der Waals surface area contributed by atoms with Crippen LogP contribution in [0.1, 0.15) is 55.1 Å². The summed E-state index contributed by atoms with van der Waals surface area (Å²) in [6, 6.07) is 12.9. The van der Waals surface area contributed by atoms with Gasteiger partial charge in [-0.25, -0.2) is 9.37 Å². The lowest BCUT2D eigenvalue weighted by Gasteiger charge is -2.32. The van der Waals surface area contributed by atoms with Crippen molar-refractivity contribution in [3.63, 3.8) is 0 Å². The molecule has 4 rings (SSSR count). The number of benzene rings is 2. The molecule has 1 aliphatic rings. The topological polar surface area (TPSA) is 118 Å². The average Bonchev–Trinajstić information content (AvgIpc) is 2.92. The summed E-state index contributed by atoms with van der Waals surface area (Å²) >= 11 is 0. The van der Waals surface area contributed by atoms with E-state index < -0.39 is 30.5 Å². The summed E-state index contributed by atoms with van der Waals surface area (Å²) in [5, 5.41) is 2.71. The van der Waals surface area contributed by atoms with Crippen LogP contribution in [0.2, 0.25) is 0 Å². The number of fused-ring (bicyclic) bond motifs is 1. The standard InChI is InChI=1S/C28H33FN3O7P/c1-5-38-40(35,39-6-2)22-16-21(29)13-12-20(22)17-30-25(33)23-24(36-18-19-10-8-7-9-11-19)26(34)32-14-15-37-28(3,4)27(32)31-23/h7-13,16H,5-6,14-15,17-18H2,1-4H3,(H,30,33). The summed E-state index contributed by atoms with van der Waals surface area (Å²) in [4.78, 5) is 31.6. The Balaban J connectivity index is 1.70. The van der Waals surface area contributed by atoms with Crippen molar-refractivity contribution in [3.05, 3.63) is 87.3 Å². The number of hydrogen-bond acceptors (Lipinski definition) is 8. The maximum atomic E-state index is 14.2. The summed E-state index contributed by atoms with van der Waals surface area (Å²) in [6.45, 7) is 7.41. The van der Waals surface area contributed by atoms with Gasteiger partial charge in [0.05, 0.1) is 31.7 Å². The Morgan fingerprint density at radius 3 is 2.52 bits per heavy atom. The highest BCUT2D eigenvalue weighted by molar-refractivity contribution is 7.62. The third kappa shape index (κ3) is 6.33. The number of aromatic nitrogens is 2. The minimum absolute atomic E-state index is 0.00468. The number of hydrogen-bond donors (Lipinski definition) is 1. The largest absolute Gasteiger partial charge is 0.481 e. The van der Waals surface area contributed by atoms with Gasteiger partial charge >= 0.3 is 7.60 Å². The van der Waals surface area contributed by atoms with E-state index in [1.54, 1.807) is 27.7 Å². The van der Waals surface area contributed by atoms with Crippen LogP contribution in [0.5, 0.6) is 5.75 Å². The predicted octanol–water partition coefficient (Wildman–Crippen LogP) is 4.05. The van der Waals surface area contributed by atoms with E-state index in [0.717, 1.165) is 11.6 Å². The van der Waals surface area contributed by atoms with Gasteiger partial charge in [-0.1, -0.05) is 36.4 Å². The fourth-order valence-corrected chi connectivity index (χ4v) is 6.21. The van der Waals surface area contributed by atoms with Gasteiger partial charge < -0.3 is 23.8 Å². The number of carbonyl (C=O) groups is 1. The van der Waals surface area contributed by atoms with Gasteiger partial charge in [-0.15, -0.1) is 0 Å². The molecular formula is C28H33FN3O7P. The zero-order chi connectivity index (χ0) is 28.9. The van der Waals surface area contributed by atoms with E-state index in [-0.39, 0.29) is 49.7 Å². The summed E-state index contributed by atoms with van der Waals surface area (Å²) in [6.07, 6.45) is 0. The average molecular weight is 574 g/mol. The smallest absolute Gasteiger partial charge is 0.361 e. The second-order valence-corrected chi connectivity index (χ2v) is 11.5. The summed E-state index contributed by atoms with van der Waals surface area (Å²) in [5.41, 5.74) is -0.506. The van der Waals surface area contributed by atoms with E-state index in [1.807, 2.05) is 30.3 Å². The number of rotatable bonds is 11. The summed E-state index contributed by atoms with van der Waals surface area (Å²) in [7, 11) is -3.86. The molecule has 0 spiro atoms. The SMILES string of the molecule is CCOP(=O)(OCC)c1cc(F)ccc1CNC(=O)c1nc2n(c(=O)c1OCc1ccccc1)CCOC2(C)C. The van der Waals surface area contributed by atoms with Gasteiger partial charge in [0.25, 0.3) is 11.5 Å². The molecule has 1 aromatic heterocycles. The van der Waals surface area contributed by atoms with E-state index in [1.165, 1.54) is 16.7 Å². The van der Waals surface area contributed by atoms with Gasteiger partial charge in [-0.3, -0.25) is 18.7 Å². The molecule has 0 bridgehead atoms. The van der Waals surface area contributed by atoms with Crippen LogP contribution in [0.3, 0.4) is 0 Å². The Labute approximate surface area is 232 Å². The van der Waals surface area contributed by atoms with Crippen molar-refractivity contribution < 1.29 is 32.3 Å². The van der Waals surface area contributed by atoms with Crippen molar-refractivity contribution in [1.82, 2.24) is 14.9 Å². The fraction of sp³-hybridized carbons (Fsp3) is 0.393. The first-order chi connectivity index (χ1) is 19.1. The van der Waals surface area contributed by atoms with Crippen LogP contribution in [-0.4, -0.2) is 35.3 Å². The molecule has 0 aliphatic carbocycles. The Bertz CT molecular complexity index is 1470. The van der Waals surface area contributed by atoms with Crippen molar-refractivity contribution in [3.8, 4) is 5.75 Å². The van der Waals surface area contributed by atoms with E-state index >= 15 is 0 Å². The normalized spacial score (nSPS) is 14.4. The molecular weight excluding hydrogens is 540 g/mol. The van der Waals surface area contributed by atoms with Gasteiger partial charge in [0, 0.05) is 6.54 Å². The van der Waals surface area contributed by atoms with Gasteiger partial charge in [0.2, 0.25) is 5.75 Å². The molecule has 0 fully saturated rings. The van der Waals surface area contributed by atoms with E-state index in [0.29, 0.717) is 18.0 Å². The monoisotopic (exact) mass is 573 g/mol. The molecule has 40 heavy (non-hydrogen) atoms. The van der Waals surface area contributed by atoms with Crippen molar-refractivity contribution in [2.75, 3.05) is 19.8 Å². The molecule has 1 aliphatic heterocycles. The zero-order valence-corrected chi connectivity index (χ0v) is 23.8. The third-order valence-corrected chi connectivity index (χ3v) is 8.47. The summed E-state index contributed by atoms with van der Waals surface area (Å²) in [5.74, 6) is -1.24. The van der Waals surface area contributed by atoms with Crippen molar-refractivity contribution in [2.45, 2.75) is 53.0 Å². The fourth-order valence-electron chi connectivity index (χ4n) is 4.39. The molecule has 2 aromatic carbocycles. The maximum absolute atomic E-state index is 14.2. The lowest BCUT2D eigenvalue weighted by Crippen LogP contribution is -2.43. The highest BCUT2D eigenvalue weighted by Gasteiger charge is 2.35. The molecule has 12 heteroatoms. The molecule has 3 aromatic rings. The van der Waals surface area contributed by atoms with Crippen molar-refractivity contribution >= 4 is 18.8 Å². The molecule has 0 saturated carbocycles. The Morgan fingerprint density at radius 1 is 1.15 bits per heavy atom. The first-order valence-electron chi connectivity index (χ1n) is 13.0. The van der Waals surface area contributed by atoms with Crippen LogP contribution in [0.25, 0.3) is 0 Å². The van der Waals surface area contributed by atoms with E-state index in [4.69, 9.17) is 18.5 Å². The van der Waals surface area contributed by atoms with Gasteiger partial charge in [-0.05, 0) is 51.0 Å². The number of ether oxygens (including phenoxy) is 2. The first kappa shape index (κ1) is 29.6. The lowest BCUT2D eigenvalue weighted by atomic mass is 10.1. The zero-order valence-electron chi connectivity index (χ0n) is 22.9. The van der Waals surface area contributed by atoms with E-state index in [2.05, 4.69) is 10.3 Å². The van der Waals surface area contributed by atoms with Gasteiger partial charge in [-0.2, -0.15) is 0 Å². The Morgan fingerprint density at radius 2 is 1.85 bits per heavy atom. The van der Waals surface area contributed by atoms with Crippen molar-refractivity contribution in [1.29, 1.82) is 0 Å². The van der Waals surface area contributed by atoms with Crippen LogP contribution in [0.4, 0.5) is 4.39 Å². The molecule has 0 saturated heterocycles. The minimum Gasteiger partial charge on any atom is -0.481 e. The number of halogens is 1. The molecule has 0 unspecified atom stereocenters. The minimum atomic E-state index is -3.86. The highest BCUT2D eigenvalue weighted by atomic mass is 31.2. The lowest BCUT2D eigenvalue weighted by molar-refractivity contribution is -0.0567. The Hall–Kier alpha value is -3.37. The number of amides is 1. The van der Waals surface area contributed by atoms with Crippen LogP contribution in [0.15, 0.2) is 53.3 Å². The van der Waals surface area contributed by atoms with Crippen LogP contribution in [-0.2, 0) is 43.6 Å². The van der Waals surface area contributed by atoms with Crippen LogP contribution >= 0.6 is 7.60 Å². The van der Waals surface area contributed by atoms with Gasteiger partial charge in [0.1, 0.15) is 23.8 Å². The third-order valence-electron chi connectivity index (χ3n) is 6.27. The van der Waals surface area contributed by atoms with Crippen LogP contribution < -0.4 is 20.9 Å². The molecule has 1 N–H and O–H groups in total. The highest BCUT2D eigenvalue weighted by Crippen LogP contribution is 2.47. The number of nitrogens with zero attached hydrogens (tertiary/aromatic N) is 2. The molecule has 214 valence electrons. The van der Waals surface area contributed by atoms with Gasteiger partial charge in [0.15, 0.2) is 5.69 Å². The maximum Gasteiger partial charge on any atom is 0.361 e. The number of carbonyl (C=O) groups excluding carboxylic acids is 1. The molecule has 0 radical (unpaired) electrons.